The molecule has 6 heteroatoms. The lowest BCUT2D eigenvalue weighted by Gasteiger charge is -2.32. The van der Waals surface area contributed by atoms with E-state index in [2.05, 4.69) is 56.2 Å². The first-order valence-corrected chi connectivity index (χ1v) is 8.21. The molecule has 0 aliphatic heterocycles. The maximum absolute atomic E-state index is 12.5. The second-order valence-corrected chi connectivity index (χ2v) is 7.46. The van der Waals surface area contributed by atoms with Gasteiger partial charge < -0.3 is 11.1 Å². The summed E-state index contributed by atoms with van der Waals surface area (Å²) in [5, 5.41) is 5.65. The van der Waals surface area contributed by atoms with Gasteiger partial charge >= 0.3 is 0 Å². The van der Waals surface area contributed by atoms with Gasteiger partial charge in [-0.1, -0.05) is 50.6 Å². The van der Waals surface area contributed by atoms with E-state index in [1.807, 2.05) is 6.07 Å². The molecule has 0 radical (unpaired) electrons. The highest BCUT2D eigenvalue weighted by molar-refractivity contribution is 7.09. The molecule has 0 saturated heterocycles. The summed E-state index contributed by atoms with van der Waals surface area (Å²) in [6.07, 6.45) is 0. The van der Waals surface area contributed by atoms with E-state index in [0.717, 1.165) is 10.6 Å². The third-order valence-corrected chi connectivity index (χ3v) is 4.35. The molecular weight excluding hydrogens is 330 g/mol. The minimum Gasteiger partial charge on any atom is -0.343 e. The molecule has 0 bridgehead atoms. The van der Waals surface area contributed by atoms with Gasteiger partial charge in [0.2, 0.25) is 0 Å². The summed E-state index contributed by atoms with van der Waals surface area (Å²) >= 11 is 1.41. The molecule has 0 saturated carbocycles. The van der Waals surface area contributed by atoms with E-state index in [4.69, 9.17) is 5.73 Å². The summed E-state index contributed by atoms with van der Waals surface area (Å²) < 4.78 is 0. The van der Waals surface area contributed by atoms with Crippen LogP contribution in [0.15, 0.2) is 29.6 Å². The predicted octanol–water partition coefficient (Wildman–Crippen LogP) is 3.85. The summed E-state index contributed by atoms with van der Waals surface area (Å²) in [4.78, 5) is 16.7. The van der Waals surface area contributed by atoms with Crippen LogP contribution in [0.5, 0.6) is 0 Å². The summed E-state index contributed by atoms with van der Waals surface area (Å²) in [6, 6.07) is 8.16. The Balaban J connectivity index is 0.00000264. The molecule has 0 aliphatic carbocycles. The van der Waals surface area contributed by atoms with E-state index in [0.29, 0.717) is 12.2 Å². The van der Waals surface area contributed by atoms with Gasteiger partial charge in [-0.15, -0.1) is 23.7 Å². The highest BCUT2D eigenvalue weighted by Gasteiger charge is 2.28. The van der Waals surface area contributed by atoms with Crippen molar-refractivity contribution in [3.05, 3.63) is 51.5 Å². The van der Waals surface area contributed by atoms with Crippen LogP contribution < -0.4 is 11.1 Å². The Hall–Kier alpha value is -1.43. The van der Waals surface area contributed by atoms with Crippen molar-refractivity contribution >= 4 is 29.7 Å². The predicted molar refractivity (Wildman–Crippen MR) is 98.1 cm³/mol. The average Bonchev–Trinajstić information content (AvgIpc) is 2.92. The highest BCUT2D eigenvalue weighted by Crippen LogP contribution is 2.33. The van der Waals surface area contributed by atoms with Crippen LogP contribution in [-0.4, -0.2) is 10.9 Å². The normalized spacial score (nSPS) is 12.4. The van der Waals surface area contributed by atoms with E-state index < -0.39 is 0 Å². The Morgan fingerprint density at radius 3 is 2.61 bits per heavy atom. The van der Waals surface area contributed by atoms with Gasteiger partial charge in [0.1, 0.15) is 10.7 Å². The van der Waals surface area contributed by atoms with Crippen LogP contribution in [0.3, 0.4) is 0 Å². The Morgan fingerprint density at radius 1 is 1.39 bits per heavy atom. The molecule has 126 valence electrons. The molecule has 1 heterocycles. The first kappa shape index (κ1) is 19.6. The summed E-state index contributed by atoms with van der Waals surface area (Å²) in [5.74, 6) is -0.155. The number of aromatic nitrogens is 1. The molecule has 1 atom stereocenters. The van der Waals surface area contributed by atoms with E-state index in [1.54, 1.807) is 5.38 Å². The second-order valence-electron chi connectivity index (χ2n) is 6.52. The topological polar surface area (TPSA) is 68.0 Å². The van der Waals surface area contributed by atoms with Crippen LogP contribution in [-0.2, 0) is 6.54 Å². The van der Waals surface area contributed by atoms with Gasteiger partial charge in [0.25, 0.3) is 5.91 Å². The van der Waals surface area contributed by atoms with E-state index >= 15 is 0 Å². The Labute approximate surface area is 147 Å². The van der Waals surface area contributed by atoms with Gasteiger partial charge in [-0.05, 0) is 17.9 Å². The minimum atomic E-state index is -0.155. The molecule has 0 aliphatic rings. The van der Waals surface area contributed by atoms with E-state index in [1.165, 1.54) is 16.9 Å². The molecular formula is C17H24ClN3OS. The number of hydrogen-bond donors (Lipinski definition) is 2. The van der Waals surface area contributed by atoms with Crippen molar-refractivity contribution in [1.82, 2.24) is 10.3 Å². The van der Waals surface area contributed by atoms with E-state index in [9.17, 15) is 4.79 Å². The molecule has 1 aromatic heterocycles. The molecule has 0 spiro atoms. The maximum atomic E-state index is 12.5. The zero-order valence-electron chi connectivity index (χ0n) is 13.9. The lowest BCUT2D eigenvalue weighted by Crippen LogP contribution is -2.36. The Kier molecular flexibility index (Phi) is 6.74. The SMILES string of the molecule is Cc1cccc(C(NC(=O)c2csc(CN)n2)C(C)(C)C)c1.Cl. The smallest absolute Gasteiger partial charge is 0.271 e. The number of nitrogens with zero attached hydrogens (tertiary/aromatic N) is 1. The molecule has 1 amide bonds. The molecule has 3 N–H and O–H groups in total. The van der Waals surface area contributed by atoms with Gasteiger partial charge in [-0.3, -0.25) is 4.79 Å². The van der Waals surface area contributed by atoms with Crippen molar-refractivity contribution in [3.8, 4) is 0 Å². The van der Waals surface area contributed by atoms with Crippen LogP contribution in [0.4, 0.5) is 0 Å². The van der Waals surface area contributed by atoms with Crippen LogP contribution in [0.25, 0.3) is 0 Å². The lowest BCUT2D eigenvalue weighted by molar-refractivity contribution is 0.0897. The maximum Gasteiger partial charge on any atom is 0.271 e. The van der Waals surface area contributed by atoms with Gasteiger partial charge in [0, 0.05) is 11.9 Å². The molecule has 1 aromatic carbocycles. The van der Waals surface area contributed by atoms with Crippen molar-refractivity contribution < 1.29 is 4.79 Å². The molecule has 1 unspecified atom stereocenters. The number of carbonyl (C=O) groups is 1. The van der Waals surface area contributed by atoms with Gasteiger partial charge in [0.05, 0.1) is 6.04 Å². The quantitative estimate of drug-likeness (QED) is 0.877. The van der Waals surface area contributed by atoms with Crippen LogP contribution >= 0.6 is 23.7 Å². The van der Waals surface area contributed by atoms with Gasteiger partial charge in [-0.25, -0.2) is 4.98 Å². The second kappa shape index (κ2) is 7.90. The van der Waals surface area contributed by atoms with Crippen molar-refractivity contribution in [3.63, 3.8) is 0 Å². The number of hydrogen-bond acceptors (Lipinski definition) is 4. The van der Waals surface area contributed by atoms with Crippen molar-refractivity contribution in [2.24, 2.45) is 11.1 Å². The first-order chi connectivity index (χ1) is 10.3. The Bertz CT molecular complexity index is 664. The summed E-state index contributed by atoms with van der Waals surface area (Å²) in [5.41, 5.74) is 8.18. The number of nitrogens with one attached hydrogen (secondary N) is 1. The van der Waals surface area contributed by atoms with Crippen LogP contribution in [0, 0.1) is 12.3 Å². The van der Waals surface area contributed by atoms with Gasteiger partial charge in [-0.2, -0.15) is 0 Å². The monoisotopic (exact) mass is 353 g/mol. The number of rotatable bonds is 4. The number of halogens is 1. The Morgan fingerprint density at radius 2 is 2.09 bits per heavy atom. The number of carbonyl (C=O) groups excluding carboxylic acids is 1. The molecule has 2 rings (SSSR count). The largest absolute Gasteiger partial charge is 0.343 e. The van der Waals surface area contributed by atoms with Crippen LogP contribution in [0.1, 0.15) is 53.4 Å². The molecule has 2 aromatic rings. The molecule has 23 heavy (non-hydrogen) atoms. The molecule has 0 fully saturated rings. The van der Waals surface area contributed by atoms with Crippen molar-refractivity contribution in [2.45, 2.75) is 40.3 Å². The summed E-state index contributed by atoms with van der Waals surface area (Å²) in [7, 11) is 0. The zero-order valence-corrected chi connectivity index (χ0v) is 15.6. The fraction of sp³-hybridized carbons (Fsp3) is 0.412. The third-order valence-electron chi connectivity index (χ3n) is 3.48. The number of aryl methyl sites for hydroxylation is 1. The van der Waals surface area contributed by atoms with Crippen LogP contribution in [0.2, 0.25) is 0 Å². The first-order valence-electron chi connectivity index (χ1n) is 7.33. The zero-order chi connectivity index (χ0) is 16.3. The fourth-order valence-corrected chi connectivity index (χ4v) is 3.02. The van der Waals surface area contributed by atoms with Gasteiger partial charge in [0.15, 0.2) is 0 Å². The number of nitrogens with two attached hydrogens (primary N) is 1. The van der Waals surface area contributed by atoms with E-state index in [-0.39, 0.29) is 29.8 Å². The number of thiazole rings is 1. The number of benzene rings is 1. The van der Waals surface area contributed by atoms with Crippen molar-refractivity contribution in [1.29, 1.82) is 0 Å². The average molecular weight is 354 g/mol. The standard InChI is InChI=1S/C17H23N3OS.ClH/c1-11-6-5-7-12(8-11)15(17(2,3)4)20-16(21)13-10-22-14(9-18)19-13;/h5-8,10,15H,9,18H2,1-4H3,(H,20,21);1H. The number of amides is 1. The van der Waals surface area contributed by atoms with Crippen molar-refractivity contribution in [2.75, 3.05) is 0 Å². The lowest BCUT2D eigenvalue weighted by atomic mass is 9.82. The summed E-state index contributed by atoms with van der Waals surface area (Å²) in [6.45, 7) is 8.77. The minimum absolute atomic E-state index is 0. The molecule has 4 nitrogen and oxygen atoms in total. The fourth-order valence-electron chi connectivity index (χ4n) is 2.36. The third kappa shape index (κ3) is 5.03. The highest BCUT2D eigenvalue weighted by atomic mass is 35.5.